The molecule has 0 bridgehead atoms. The molecule has 0 aliphatic heterocycles. The van der Waals surface area contributed by atoms with E-state index in [2.05, 4.69) is 16.0 Å². The van der Waals surface area contributed by atoms with Gasteiger partial charge in [0.25, 0.3) is 0 Å². The van der Waals surface area contributed by atoms with Gasteiger partial charge in [-0.2, -0.15) is 5.26 Å². The number of aromatic nitrogens is 1. The highest BCUT2D eigenvalue weighted by Crippen LogP contribution is 2.18. The summed E-state index contributed by atoms with van der Waals surface area (Å²) in [5.74, 6) is 0.569. The first-order valence-electron chi connectivity index (χ1n) is 6.28. The van der Waals surface area contributed by atoms with Crippen molar-refractivity contribution >= 4 is 22.8 Å². The minimum atomic E-state index is -0.640. The molecule has 0 aliphatic carbocycles. The molecule has 20 heavy (non-hydrogen) atoms. The number of nitriles is 1. The minimum absolute atomic E-state index is 0.267. The van der Waals surface area contributed by atoms with Crippen LogP contribution in [0.25, 0.3) is 10.9 Å². The highest BCUT2D eigenvalue weighted by atomic mass is 16.6. The summed E-state index contributed by atoms with van der Waals surface area (Å²) < 4.78 is 4.97. The number of rotatable bonds is 3. The van der Waals surface area contributed by atoms with E-state index in [0.717, 1.165) is 5.39 Å². The quantitative estimate of drug-likeness (QED) is 0.630. The fourth-order valence-corrected chi connectivity index (χ4v) is 1.61. The van der Waals surface area contributed by atoms with Gasteiger partial charge in [0.15, 0.2) is 11.9 Å². The number of pyridine rings is 1. The van der Waals surface area contributed by atoms with Crippen LogP contribution in [0.1, 0.15) is 19.4 Å². The average molecular weight is 268 g/mol. The lowest BCUT2D eigenvalue weighted by Gasteiger charge is -2.15. The number of aliphatic imine (C=N–C) groups is 1. The Labute approximate surface area is 117 Å². The largest absolute Gasteiger partial charge is 0.600 e. The summed E-state index contributed by atoms with van der Waals surface area (Å²) in [5.41, 5.74) is 1.25. The van der Waals surface area contributed by atoms with Crippen LogP contribution in [0.15, 0.2) is 35.3 Å². The Balaban J connectivity index is 2.24. The summed E-state index contributed by atoms with van der Waals surface area (Å²) in [7, 11) is 0. The number of nitrogens with zero attached hydrogens (tertiary/aromatic N) is 3. The monoisotopic (exact) mass is 268 g/mol. The molecule has 1 aromatic carbocycles. The molecule has 0 unspecified atom stereocenters. The maximum atomic E-state index is 11.5. The van der Waals surface area contributed by atoms with Crippen LogP contribution in [0.4, 0.5) is 5.82 Å². The summed E-state index contributed by atoms with van der Waals surface area (Å²) >= 11 is 0. The first-order valence-corrected chi connectivity index (χ1v) is 6.28. The van der Waals surface area contributed by atoms with Crippen molar-refractivity contribution in [2.75, 3.05) is 6.61 Å². The zero-order valence-electron chi connectivity index (χ0n) is 11.3. The SMILES string of the molecule is CC(C)COC([O-])=Nc1ccc2cc(C#N)ccc2n1. The van der Waals surface area contributed by atoms with Crippen LogP contribution in [0.3, 0.4) is 0 Å². The van der Waals surface area contributed by atoms with Crippen molar-refractivity contribution in [2.45, 2.75) is 13.8 Å². The van der Waals surface area contributed by atoms with Gasteiger partial charge in [-0.05, 0) is 42.9 Å². The molecule has 0 spiro atoms. The standard InChI is InChI=1S/C15H15N3O2/c1-10(2)9-20-15(19)18-14-6-4-12-7-11(8-16)3-5-13(12)17-14/h3-7,10H,9H2,1-2H3,(H,17,18,19)/p-1. The maximum Gasteiger partial charge on any atom is 0.154 e. The first-order chi connectivity index (χ1) is 9.58. The molecule has 0 saturated heterocycles. The van der Waals surface area contributed by atoms with Gasteiger partial charge in [0.1, 0.15) is 0 Å². The van der Waals surface area contributed by atoms with E-state index in [1.807, 2.05) is 13.8 Å². The van der Waals surface area contributed by atoms with Gasteiger partial charge >= 0.3 is 0 Å². The number of ether oxygens (including phenoxy) is 1. The lowest BCUT2D eigenvalue weighted by molar-refractivity contribution is -0.251. The van der Waals surface area contributed by atoms with Crippen molar-refractivity contribution in [3.63, 3.8) is 0 Å². The van der Waals surface area contributed by atoms with E-state index in [-0.39, 0.29) is 5.92 Å². The van der Waals surface area contributed by atoms with Gasteiger partial charge in [0.2, 0.25) is 0 Å². The predicted octanol–water partition coefficient (Wildman–Crippen LogP) is 2.13. The first kappa shape index (κ1) is 13.8. The fourth-order valence-electron chi connectivity index (χ4n) is 1.61. The van der Waals surface area contributed by atoms with E-state index < -0.39 is 6.08 Å². The third-order valence-corrected chi connectivity index (χ3v) is 2.55. The second-order valence-electron chi connectivity index (χ2n) is 4.77. The van der Waals surface area contributed by atoms with Gasteiger partial charge in [-0.15, -0.1) is 0 Å². The summed E-state index contributed by atoms with van der Waals surface area (Å²) in [6, 6.07) is 10.6. The third-order valence-electron chi connectivity index (χ3n) is 2.55. The Morgan fingerprint density at radius 1 is 1.40 bits per heavy atom. The maximum absolute atomic E-state index is 11.5. The predicted molar refractivity (Wildman–Crippen MR) is 74.3 cm³/mol. The normalized spacial score (nSPS) is 11.6. The molecule has 5 heteroatoms. The van der Waals surface area contributed by atoms with E-state index in [1.165, 1.54) is 0 Å². The summed E-state index contributed by atoms with van der Waals surface area (Å²) in [6.45, 7) is 4.24. The zero-order chi connectivity index (χ0) is 14.5. The number of hydrogen-bond acceptors (Lipinski definition) is 5. The molecule has 102 valence electrons. The summed E-state index contributed by atoms with van der Waals surface area (Å²) in [6.07, 6.45) is -0.640. The molecule has 0 saturated carbocycles. The molecule has 0 amide bonds. The molecule has 1 heterocycles. The molecule has 0 aliphatic rings. The Bertz CT molecular complexity index is 687. The molecule has 0 fully saturated rings. The van der Waals surface area contributed by atoms with Gasteiger partial charge in [-0.1, -0.05) is 13.8 Å². The van der Waals surface area contributed by atoms with Crippen LogP contribution < -0.4 is 5.11 Å². The van der Waals surface area contributed by atoms with Gasteiger partial charge < -0.3 is 9.84 Å². The molecule has 0 N–H and O–H groups in total. The van der Waals surface area contributed by atoms with Crippen LogP contribution in [-0.4, -0.2) is 17.7 Å². The van der Waals surface area contributed by atoms with Crippen LogP contribution in [0.2, 0.25) is 0 Å². The molecule has 0 atom stereocenters. The highest BCUT2D eigenvalue weighted by molar-refractivity contribution is 5.82. The number of hydrogen-bond donors (Lipinski definition) is 0. The van der Waals surface area contributed by atoms with E-state index in [4.69, 9.17) is 10.00 Å². The number of fused-ring (bicyclic) bond motifs is 1. The van der Waals surface area contributed by atoms with E-state index in [1.54, 1.807) is 30.3 Å². The molecular formula is C15H14N3O2-. The van der Waals surface area contributed by atoms with Crippen LogP contribution in [-0.2, 0) is 4.74 Å². The van der Waals surface area contributed by atoms with E-state index in [9.17, 15) is 5.11 Å². The van der Waals surface area contributed by atoms with Crippen LogP contribution in [0.5, 0.6) is 0 Å². The van der Waals surface area contributed by atoms with E-state index >= 15 is 0 Å². The second-order valence-corrected chi connectivity index (χ2v) is 4.77. The Hall–Kier alpha value is -2.61. The van der Waals surface area contributed by atoms with Gasteiger partial charge in [-0.3, -0.25) is 0 Å². The third kappa shape index (κ3) is 3.45. The Morgan fingerprint density at radius 2 is 2.20 bits per heavy atom. The van der Waals surface area contributed by atoms with Gasteiger partial charge in [0.05, 0.1) is 17.1 Å². The molecule has 5 nitrogen and oxygen atoms in total. The molecule has 2 rings (SSSR count). The Morgan fingerprint density at radius 3 is 2.90 bits per heavy atom. The molecule has 2 aromatic rings. The lowest BCUT2D eigenvalue weighted by atomic mass is 10.1. The molecule has 1 aromatic heterocycles. The number of benzene rings is 1. The van der Waals surface area contributed by atoms with E-state index in [0.29, 0.717) is 23.5 Å². The van der Waals surface area contributed by atoms with Gasteiger partial charge in [0, 0.05) is 5.39 Å². The van der Waals surface area contributed by atoms with Crippen LogP contribution in [0, 0.1) is 17.2 Å². The van der Waals surface area contributed by atoms with Crippen LogP contribution >= 0.6 is 0 Å². The van der Waals surface area contributed by atoms with Gasteiger partial charge in [-0.25, -0.2) is 9.98 Å². The average Bonchev–Trinajstić information content (AvgIpc) is 2.44. The minimum Gasteiger partial charge on any atom is -0.600 e. The fraction of sp³-hybridized carbons (Fsp3) is 0.267. The van der Waals surface area contributed by atoms with Crippen molar-refractivity contribution in [2.24, 2.45) is 10.9 Å². The van der Waals surface area contributed by atoms with Crippen molar-refractivity contribution < 1.29 is 9.84 Å². The highest BCUT2D eigenvalue weighted by Gasteiger charge is 1.99. The molecule has 0 radical (unpaired) electrons. The van der Waals surface area contributed by atoms with Crippen molar-refractivity contribution in [1.82, 2.24) is 4.98 Å². The molecular weight excluding hydrogens is 254 g/mol. The second kappa shape index (κ2) is 6.02. The topological polar surface area (TPSA) is 81.3 Å². The van der Waals surface area contributed by atoms with Crippen molar-refractivity contribution in [3.05, 3.63) is 35.9 Å². The lowest BCUT2D eigenvalue weighted by Crippen LogP contribution is -2.23. The Kier molecular flexibility index (Phi) is 4.16. The van der Waals surface area contributed by atoms with Crippen molar-refractivity contribution in [1.29, 1.82) is 5.26 Å². The van der Waals surface area contributed by atoms with Crippen molar-refractivity contribution in [3.8, 4) is 6.07 Å². The smallest absolute Gasteiger partial charge is 0.154 e. The zero-order valence-corrected chi connectivity index (χ0v) is 11.3. The summed E-state index contributed by atoms with van der Waals surface area (Å²) in [5, 5.41) is 21.1. The summed E-state index contributed by atoms with van der Waals surface area (Å²) in [4.78, 5) is 8.03.